The minimum atomic E-state index is -0.296. The quantitative estimate of drug-likeness (QED) is 0.486. The monoisotopic (exact) mass is 141 g/mol. The number of nitrogens with one attached hydrogen (secondary N) is 1. The molecule has 3 N–H and O–H groups in total. The molecular formula is C3H8ClNO3. The van der Waals surface area contributed by atoms with E-state index < -0.39 is 0 Å². The van der Waals surface area contributed by atoms with Crippen molar-refractivity contribution in [2.24, 2.45) is 0 Å². The van der Waals surface area contributed by atoms with E-state index in [1.165, 1.54) is 0 Å². The molecule has 0 unspecified atom stereocenters. The highest BCUT2D eigenvalue weighted by molar-refractivity contribution is 5.85. The lowest BCUT2D eigenvalue weighted by atomic mass is 10.7. The molecule has 1 saturated heterocycles. The summed E-state index contributed by atoms with van der Waals surface area (Å²) in [6, 6.07) is 0. The Balaban J connectivity index is 0. The van der Waals surface area contributed by atoms with E-state index in [-0.39, 0.29) is 24.0 Å². The molecule has 50 valence electrons. The number of cyclic esters (lactones) is 1. The van der Waals surface area contributed by atoms with Crippen LogP contribution in [0.15, 0.2) is 0 Å². The van der Waals surface area contributed by atoms with Crippen LogP contribution in [-0.2, 0) is 4.74 Å². The number of carbonyl (C=O) groups excluding carboxylic acids is 1. The summed E-state index contributed by atoms with van der Waals surface area (Å²) in [5, 5.41) is 2.46. The van der Waals surface area contributed by atoms with E-state index in [1.807, 2.05) is 0 Å². The van der Waals surface area contributed by atoms with Gasteiger partial charge in [-0.1, -0.05) is 0 Å². The first kappa shape index (κ1) is 10.5. The summed E-state index contributed by atoms with van der Waals surface area (Å²) in [6.07, 6.45) is -0.296. The molecule has 0 atom stereocenters. The van der Waals surface area contributed by atoms with Crippen molar-refractivity contribution in [2.45, 2.75) is 0 Å². The SMILES string of the molecule is Cl.O.O=C1NCCO1. The Kier molecular flexibility index (Phi) is 6.13. The van der Waals surface area contributed by atoms with Crippen molar-refractivity contribution in [3.8, 4) is 0 Å². The van der Waals surface area contributed by atoms with E-state index in [0.717, 1.165) is 0 Å². The van der Waals surface area contributed by atoms with Gasteiger partial charge in [-0.05, 0) is 0 Å². The molecule has 0 aromatic rings. The average molecular weight is 142 g/mol. The number of carbonyl (C=O) groups is 1. The average Bonchev–Trinajstić information content (AvgIpc) is 1.86. The second-order valence-corrected chi connectivity index (χ2v) is 1.06. The molecule has 0 spiro atoms. The molecule has 1 rings (SSSR count). The fourth-order valence-electron chi connectivity index (χ4n) is 0.348. The van der Waals surface area contributed by atoms with Crippen molar-refractivity contribution in [3.05, 3.63) is 0 Å². The number of amides is 1. The van der Waals surface area contributed by atoms with Gasteiger partial charge in [0.15, 0.2) is 0 Å². The lowest BCUT2D eigenvalue weighted by Gasteiger charge is -1.80. The molecule has 1 amide bonds. The zero-order chi connectivity index (χ0) is 4.41. The standard InChI is InChI=1S/C3H5NO2.ClH.H2O/c5-3-4-1-2-6-3;;/h1-2H2,(H,4,5);1H;1H2. The second-order valence-electron chi connectivity index (χ2n) is 1.06. The van der Waals surface area contributed by atoms with Crippen LogP contribution in [0.25, 0.3) is 0 Å². The Bertz CT molecular complexity index is 68.9. The van der Waals surface area contributed by atoms with Gasteiger partial charge in [0.25, 0.3) is 0 Å². The third kappa shape index (κ3) is 2.65. The third-order valence-corrected chi connectivity index (χ3v) is 0.605. The number of ether oxygens (including phenoxy) is 1. The van der Waals surface area contributed by atoms with Crippen molar-refractivity contribution in [1.82, 2.24) is 5.32 Å². The summed E-state index contributed by atoms with van der Waals surface area (Å²) in [7, 11) is 0. The summed E-state index contributed by atoms with van der Waals surface area (Å²) < 4.78 is 4.40. The van der Waals surface area contributed by atoms with Crippen LogP contribution in [0.3, 0.4) is 0 Å². The highest BCUT2D eigenvalue weighted by atomic mass is 35.5. The first-order chi connectivity index (χ1) is 2.89. The van der Waals surface area contributed by atoms with E-state index >= 15 is 0 Å². The summed E-state index contributed by atoms with van der Waals surface area (Å²) in [5.74, 6) is 0. The molecule has 1 heterocycles. The van der Waals surface area contributed by atoms with Crippen molar-refractivity contribution in [2.75, 3.05) is 13.2 Å². The zero-order valence-electron chi connectivity index (χ0n) is 4.14. The summed E-state index contributed by atoms with van der Waals surface area (Å²) in [4.78, 5) is 9.91. The van der Waals surface area contributed by atoms with Gasteiger partial charge in [0.2, 0.25) is 0 Å². The lowest BCUT2D eigenvalue weighted by Crippen LogP contribution is -2.11. The van der Waals surface area contributed by atoms with E-state index in [9.17, 15) is 4.79 Å². The topological polar surface area (TPSA) is 69.8 Å². The highest BCUT2D eigenvalue weighted by Crippen LogP contribution is 1.82. The van der Waals surface area contributed by atoms with Gasteiger partial charge in [-0.25, -0.2) is 4.79 Å². The minimum absolute atomic E-state index is 0. The Labute approximate surface area is 52.9 Å². The molecule has 0 radical (unpaired) electrons. The van der Waals surface area contributed by atoms with Gasteiger partial charge in [-0.3, -0.25) is 0 Å². The third-order valence-electron chi connectivity index (χ3n) is 0.605. The summed E-state index contributed by atoms with van der Waals surface area (Å²) in [5.41, 5.74) is 0. The van der Waals surface area contributed by atoms with Crippen LogP contribution >= 0.6 is 12.4 Å². The van der Waals surface area contributed by atoms with E-state index in [4.69, 9.17) is 0 Å². The van der Waals surface area contributed by atoms with E-state index in [0.29, 0.717) is 13.2 Å². The molecule has 4 nitrogen and oxygen atoms in total. The molecule has 0 aliphatic carbocycles. The number of hydrogen-bond acceptors (Lipinski definition) is 2. The maximum atomic E-state index is 9.91. The van der Waals surface area contributed by atoms with Crippen LogP contribution in [-0.4, -0.2) is 24.7 Å². The largest absolute Gasteiger partial charge is 0.448 e. The van der Waals surface area contributed by atoms with Crippen molar-refractivity contribution in [1.29, 1.82) is 0 Å². The Morgan fingerprint density at radius 2 is 2.25 bits per heavy atom. The maximum absolute atomic E-state index is 9.91. The van der Waals surface area contributed by atoms with E-state index in [2.05, 4.69) is 10.1 Å². The normalized spacial score (nSPS) is 14.8. The Hall–Kier alpha value is -0.480. The van der Waals surface area contributed by atoms with Crippen LogP contribution in [0, 0.1) is 0 Å². The molecule has 5 heteroatoms. The molecule has 1 aliphatic heterocycles. The number of rotatable bonds is 0. The lowest BCUT2D eigenvalue weighted by molar-refractivity contribution is 0.178. The fourth-order valence-corrected chi connectivity index (χ4v) is 0.348. The number of halogens is 1. The summed E-state index contributed by atoms with van der Waals surface area (Å²) in [6.45, 7) is 1.19. The van der Waals surface area contributed by atoms with Crippen LogP contribution in [0.1, 0.15) is 0 Å². The highest BCUT2D eigenvalue weighted by Gasteiger charge is 2.06. The molecular weight excluding hydrogens is 133 g/mol. The van der Waals surface area contributed by atoms with Crippen molar-refractivity contribution < 1.29 is 15.0 Å². The van der Waals surface area contributed by atoms with Crippen molar-refractivity contribution in [3.63, 3.8) is 0 Å². The molecule has 0 aromatic heterocycles. The second kappa shape index (κ2) is 4.67. The van der Waals surface area contributed by atoms with Gasteiger partial charge >= 0.3 is 6.09 Å². The Morgan fingerprint density at radius 1 is 1.62 bits per heavy atom. The molecule has 8 heavy (non-hydrogen) atoms. The molecule has 1 fully saturated rings. The fraction of sp³-hybridized carbons (Fsp3) is 0.667. The predicted molar refractivity (Wildman–Crippen MR) is 30.2 cm³/mol. The number of hydrogen-bond donors (Lipinski definition) is 1. The first-order valence-electron chi connectivity index (χ1n) is 1.80. The van der Waals surface area contributed by atoms with Gasteiger partial charge in [-0.15, -0.1) is 12.4 Å². The van der Waals surface area contributed by atoms with E-state index in [1.54, 1.807) is 0 Å². The molecule has 0 bridgehead atoms. The van der Waals surface area contributed by atoms with Gasteiger partial charge in [0.05, 0.1) is 6.54 Å². The van der Waals surface area contributed by atoms with Gasteiger partial charge in [-0.2, -0.15) is 0 Å². The van der Waals surface area contributed by atoms with Crippen LogP contribution < -0.4 is 5.32 Å². The maximum Gasteiger partial charge on any atom is 0.407 e. The van der Waals surface area contributed by atoms with Crippen LogP contribution in [0.2, 0.25) is 0 Å². The zero-order valence-corrected chi connectivity index (χ0v) is 4.96. The first-order valence-corrected chi connectivity index (χ1v) is 1.80. The van der Waals surface area contributed by atoms with Gasteiger partial charge < -0.3 is 15.5 Å². The molecule has 0 saturated carbocycles. The molecule has 0 aromatic carbocycles. The van der Waals surface area contributed by atoms with Crippen molar-refractivity contribution >= 4 is 18.5 Å². The van der Waals surface area contributed by atoms with Crippen LogP contribution in [0.5, 0.6) is 0 Å². The smallest absolute Gasteiger partial charge is 0.407 e. The van der Waals surface area contributed by atoms with Crippen LogP contribution in [0.4, 0.5) is 4.79 Å². The van der Waals surface area contributed by atoms with Gasteiger partial charge in [0.1, 0.15) is 6.61 Å². The Morgan fingerprint density at radius 3 is 2.38 bits per heavy atom. The predicted octanol–water partition coefficient (Wildman–Crippen LogP) is -0.677. The number of alkyl carbamates (subject to hydrolysis) is 1. The minimum Gasteiger partial charge on any atom is -0.448 e. The van der Waals surface area contributed by atoms with Gasteiger partial charge in [0, 0.05) is 0 Å². The summed E-state index contributed by atoms with van der Waals surface area (Å²) >= 11 is 0. The molecule has 1 aliphatic rings.